The molecule has 2 aromatic rings. The predicted octanol–water partition coefficient (Wildman–Crippen LogP) is 4.66. The van der Waals surface area contributed by atoms with Gasteiger partial charge in [0.1, 0.15) is 0 Å². The molecule has 0 aromatic heterocycles. The Morgan fingerprint density at radius 3 is 2.12 bits per heavy atom. The number of ether oxygens (including phenoxy) is 1. The maximum Gasteiger partial charge on any atom is 0.338 e. The van der Waals surface area contributed by atoms with Crippen molar-refractivity contribution in [3.63, 3.8) is 0 Å². The molecule has 1 aliphatic heterocycles. The lowest BCUT2D eigenvalue weighted by atomic mass is 9.85. The van der Waals surface area contributed by atoms with Crippen molar-refractivity contribution >= 4 is 5.97 Å². The third kappa shape index (κ3) is 2.66. The van der Waals surface area contributed by atoms with Crippen molar-refractivity contribution in [1.82, 2.24) is 5.06 Å². The first-order chi connectivity index (χ1) is 11.7. The van der Waals surface area contributed by atoms with Crippen molar-refractivity contribution in [2.75, 3.05) is 6.61 Å². The van der Waals surface area contributed by atoms with Crippen LogP contribution in [0.2, 0.25) is 0 Å². The molecule has 3 rings (SSSR count). The fourth-order valence-corrected chi connectivity index (χ4v) is 3.76. The van der Waals surface area contributed by atoms with Crippen LogP contribution in [0.15, 0.2) is 42.5 Å². The van der Waals surface area contributed by atoms with Crippen LogP contribution in [-0.4, -0.2) is 17.6 Å². The maximum atomic E-state index is 12.9. The SMILES string of the molecule is CCOC(=O)c1cc2c(cc1-c1ccccc1)C(C)(C)N([O])C2(C)C. The molecule has 0 saturated carbocycles. The Hall–Kier alpha value is -2.17. The molecule has 0 atom stereocenters. The number of carbonyl (C=O) groups is 1. The van der Waals surface area contributed by atoms with E-state index in [0.29, 0.717) is 12.2 Å². The number of hydrogen-bond acceptors (Lipinski definition) is 3. The van der Waals surface area contributed by atoms with Gasteiger partial charge in [0, 0.05) is 0 Å². The molecule has 1 aliphatic rings. The summed E-state index contributed by atoms with van der Waals surface area (Å²) in [7, 11) is 0. The minimum atomic E-state index is -0.699. The third-order valence-corrected chi connectivity index (χ3v) is 5.07. The number of esters is 1. The maximum absolute atomic E-state index is 12.9. The summed E-state index contributed by atoms with van der Waals surface area (Å²) in [5.41, 5.74) is 2.73. The molecule has 0 bridgehead atoms. The van der Waals surface area contributed by atoms with Crippen molar-refractivity contribution in [1.29, 1.82) is 0 Å². The Balaban J connectivity index is 2.30. The summed E-state index contributed by atoms with van der Waals surface area (Å²) in [4.78, 5) is 12.6. The van der Waals surface area contributed by atoms with Gasteiger partial charge in [0.25, 0.3) is 0 Å². The second-order valence-electron chi connectivity index (χ2n) is 7.44. The number of hydroxylamine groups is 2. The molecule has 0 saturated heterocycles. The first-order valence-electron chi connectivity index (χ1n) is 8.60. The van der Waals surface area contributed by atoms with Crippen LogP contribution in [0, 0.1) is 0 Å². The van der Waals surface area contributed by atoms with Crippen molar-refractivity contribution in [2.24, 2.45) is 0 Å². The van der Waals surface area contributed by atoms with E-state index in [1.807, 2.05) is 70.2 Å². The second kappa shape index (κ2) is 5.97. The van der Waals surface area contributed by atoms with Gasteiger partial charge in [-0.05, 0) is 69.0 Å². The standard InChI is InChI=1S/C21H24NO3/c1-6-25-19(23)16-13-18-17(20(2,3)22(24)21(18,4)5)12-15(16)14-10-8-7-9-11-14/h7-13H,6H2,1-5H3. The van der Waals surface area contributed by atoms with E-state index in [-0.39, 0.29) is 5.97 Å². The van der Waals surface area contributed by atoms with E-state index in [1.165, 1.54) is 0 Å². The van der Waals surface area contributed by atoms with Crippen LogP contribution in [0.5, 0.6) is 0 Å². The summed E-state index contributed by atoms with van der Waals surface area (Å²) < 4.78 is 5.27. The highest BCUT2D eigenvalue weighted by Gasteiger charge is 2.50. The molecule has 0 fully saturated rings. The summed E-state index contributed by atoms with van der Waals surface area (Å²) in [6.45, 7) is 9.74. The van der Waals surface area contributed by atoms with Crippen molar-refractivity contribution in [3.05, 3.63) is 59.2 Å². The van der Waals surface area contributed by atoms with Crippen molar-refractivity contribution in [3.8, 4) is 11.1 Å². The van der Waals surface area contributed by atoms with Gasteiger partial charge in [0.2, 0.25) is 0 Å². The van der Waals surface area contributed by atoms with E-state index in [1.54, 1.807) is 6.92 Å². The molecule has 0 spiro atoms. The van der Waals surface area contributed by atoms with Crippen LogP contribution < -0.4 is 0 Å². The largest absolute Gasteiger partial charge is 0.462 e. The Morgan fingerprint density at radius 2 is 1.56 bits per heavy atom. The zero-order valence-corrected chi connectivity index (χ0v) is 15.4. The first kappa shape index (κ1) is 17.6. The second-order valence-corrected chi connectivity index (χ2v) is 7.44. The summed E-state index contributed by atoms with van der Waals surface area (Å²) in [5.74, 6) is -0.359. The molecule has 1 radical (unpaired) electrons. The lowest BCUT2D eigenvalue weighted by Crippen LogP contribution is -2.41. The minimum absolute atomic E-state index is 0.312. The lowest BCUT2D eigenvalue weighted by Gasteiger charge is -2.32. The Bertz CT molecular complexity index is 809. The summed E-state index contributed by atoms with van der Waals surface area (Å²) in [6.07, 6.45) is 0. The van der Waals surface area contributed by atoms with Crippen LogP contribution in [0.3, 0.4) is 0 Å². The fourth-order valence-electron chi connectivity index (χ4n) is 3.76. The molecule has 25 heavy (non-hydrogen) atoms. The van der Waals surface area contributed by atoms with E-state index in [9.17, 15) is 10.0 Å². The average Bonchev–Trinajstić information content (AvgIpc) is 2.72. The Morgan fingerprint density at radius 1 is 1.00 bits per heavy atom. The van der Waals surface area contributed by atoms with Gasteiger partial charge in [-0.25, -0.2) is 4.79 Å². The minimum Gasteiger partial charge on any atom is -0.462 e. The zero-order chi connectivity index (χ0) is 18.4. The highest BCUT2D eigenvalue weighted by molar-refractivity contribution is 5.98. The van der Waals surface area contributed by atoms with E-state index < -0.39 is 11.1 Å². The van der Waals surface area contributed by atoms with Crippen LogP contribution in [0.4, 0.5) is 0 Å². The smallest absolute Gasteiger partial charge is 0.338 e. The highest BCUT2D eigenvalue weighted by Crippen LogP contribution is 2.50. The number of nitrogens with zero attached hydrogens (tertiary/aromatic N) is 1. The van der Waals surface area contributed by atoms with Gasteiger partial charge >= 0.3 is 5.97 Å². The number of hydrogen-bond donors (Lipinski definition) is 0. The summed E-state index contributed by atoms with van der Waals surface area (Å²) in [6, 6.07) is 13.6. The van der Waals surface area contributed by atoms with Crippen LogP contribution in [0.25, 0.3) is 11.1 Å². The Labute approximate surface area is 149 Å². The Kier molecular flexibility index (Phi) is 4.21. The van der Waals surface area contributed by atoms with E-state index in [4.69, 9.17) is 4.74 Å². The molecule has 0 N–H and O–H groups in total. The lowest BCUT2D eigenvalue weighted by molar-refractivity contribution is -0.266. The first-order valence-corrected chi connectivity index (χ1v) is 8.60. The van der Waals surface area contributed by atoms with Crippen molar-refractivity contribution < 1.29 is 14.7 Å². The monoisotopic (exact) mass is 338 g/mol. The number of rotatable bonds is 3. The zero-order valence-electron chi connectivity index (χ0n) is 15.4. The van der Waals surface area contributed by atoms with Crippen LogP contribution >= 0.6 is 0 Å². The summed E-state index contributed by atoms with van der Waals surface area (Å²) in [5, 5.41) is 14.0. The predicted molar refractivity (Wildman–Crippen MR) is 96.4 cm³/mol. The van der Waals surface area contributed by atoms with Gasteiger partial charge in [-0.1, -0.05) is 30.3 Å². The van der Waals surface area contributed by atoms with E-state index in [2.05, 4.69) is 0 Å². The van der Waals surface area contributed by atoms with E-state index >= 15 is 0 Å². The molecule has 131 valence electrons. The molecular formula is C21H24NO3. The van der Waals surface area contributed by atoms with Crippen LogP contribution in [-0.2, 0) is 21.0 Å². The van der Waals surface area contributed by atoms with Crippen LogP contribution in [0.1, 0.15) is 56.1 Å². The van der Waals surface area contributed by atoms with Gasteiger partial charge in [0.15, 0.2) is 0 Å². The van der Waals surface area contributed by atoms with Gasteiger partial charge < -0.3 is 4.74 Å². The number of benzene rings is 2. The number of carbonyl (C=O) groups excluding carboxylic acids is 1. The van der Waals surface area contributed by atoms with Gasteiger partial charge in [0.05, 0.1) is 23.2 Å². The molecular weight excluding hydrogens is 314 g/mol. The number of fused-ring (bicyclic) bond motifs is 1. The third-order valence-electron chi connectivity index (χ3n) is 5.07. The molecule has 0 unspecified atom stereocenters. The fraction of sp³-hybridized carbons (Fsp3) is 0.381. The molecule has 4 heteroatoms. The molecule has 2 aromatic carbocycles. The van der Waals surface area contributed by atoms with Crippen molar-refractivity contribution in [2.45, 2.75) is 45.7 Å². The topological polar surface area (TPSA) is 49.4 Å². The average molecular weight is 338 g/mol. The van der Waals surface area contributed by atoms with E-state index in [0.717, 1.165) is 27.3 Å². The quantitative estimate of drug-likeness (QED) is 0.765. The molecule has 4 nitrogen and oxygen atoms in total. The molecule has 0 amide bonds. The molecule has 0 aliphatic carbocycles. The molecule has 1 heterocycles. The van der Waals surface area contributed by atoms with Gasteiger partial charge in [-0.2, -0.15) is 0 Å². The normalized spacial score (nSPS) is 18.0. The summed E-state index contributed by atoms with van der Waals surface area (Å²) >= 11 is 0. The van der Waals surface area contributed by atoms with Gasteiger partial charge in [-0.3, -0.25) is 0 Å². The highest BCUT2D eigenvalue weighted by atomic mass is 16.5. The van der Waals surface area contributed by atoms with Gasteiger partial charge in [-0.15, -0.1) is 10.3 Å².